The quantitative estimate of drug-likeness (QED) is 0.339. The van der Waals surface area contributed by atoms with Crippen molar-refractivity contribution in [3.05, 3.63) is 0 Å². The molecule has 0 radical (unpaired) electrons. The van der Waals surface area contributed by atoms with Crippen molar-refractivity contribution < 1.29 is 9.53 Å². The first kappa shape index (κ1) is 14.8. The van der Waals surface area contributed by atoms with Crippen LogP contribution in [0, 0.1) is 0 Å². The minimum Gasteiger partial charge on any atom is -0.458 e. The average molecular weight is 232 g/mol. The Morgan fingerprint density at radius 1 is 0.933 bits per heavy atom. The minimum absolute atomic E-state index is 0.463. The molecule has 0 aromatic carbocycles. The highest BCUT2D eigenvalue weighted by Crippen LogP contribution is 2.09. The van der Waals surface area contributed by atoms with Gasteiger partial charge in [-0.2, -0.15) is 0 Å². The molecule has 0 bridgehead atoms. The summed E-state index contributed by atoms with van der Waals surface area (Å²) in [7, 11) is 0. The normalized spacial score (nSPS) is 10.3. The second-order valence-corrected chi connectivity index (χ2v) is 4.31. The van der Waals surface area contributed by atoms with Crippen LogP contribution < -0.4 is 0 Å². The highest BCUT2D eigenvalue weighted by atomic mass is 32.1. The van der Waals surface area contributed by atoms with Gasteiger partial charge in [-0.1, -0.05) is 70.9 Å². The smallest absolute Gasteiger partial charge is 0.364 e. The number of unbranched alkanes of at least 4 members (excludes halogenated alkanes) is 8. The number of carbonyl (C=O) groups excluding carboxylic acids is 1. The van der Waals surface area contributed by atoms with Crippen LogP contribution >= 0.6 is 12.6 Å². The van der Waals surface area contributed by atoms with Crippen molar-refractivity contribution in [1.82, 2.24) is 0 Å². The first-order chi connectivity index (χ1) is 7.27. The lowest BCUT2D eigenvalue weighted by Gasteiger charge is -2.02. The molecule has 0 saturated heterocycles. The molecule has 0 aliphatic heterocycles. The molecule has 3 heteroatoms. The summed E-state index contributed by atoms with van der Waals surface area (Å²) in [4.78, 5) is 10.3. The van der Waals surface area contributed by atoms with Crippen molar-refractivity contribution in [1.29, 1.82) is 0 Å². The molecule has 0 rings (SSSR count). The number of carbonyl (C=O) groups is 1. The molecule has 0 aromatic rings. The SMILES string of the molecule is CCCCCCCCCCCOC(=O)S. The fourth-order valence-electron chi connectivity index (χ4n) is 1.57. The van der Waals surface area contributed by atoms with E-state index in [0.717, 1.165) is 12.8 Å². The molecule has 0 amide bonds. The Hall–Kier alpha value is -0.180. The molecule has 0 spiro atoms. The Morgan fingerprint density at radius 2 is 1.40 bits per heavy atom. The van der Waals surface area contributed by atoms with E-state index in [1.165, 1.54) is 44.9 Å². The Labute approximate surface area is 99.2 Å². The van der Waals surface area contributed by atoms with Crippen molar-refractivity contribution in [2.75, 3.05) is 6.61 Å². The van der Waals surface area contributed by atoms with Crippen LogP contribution in [0.4, 0.5) is 4.79 Å². The molecule has 0 atom stereocenters. The van der Waals surface area contributed by atoms with Gasteiger partial charge < -0.3 is 4.74 Å². The topological polar surface area (TPSA) is 26.3 Å². The average Bonchev–Trinajstić information content (AvgIpc) is 2.20. The molecule has 0 heterocycles. The zero-order valence-electron chi connectivity index (χ0n) is 9.83. The Morgan fingerprint density at radius 3 is 1.87 bits per heavy atom. The van der Waals surface area contributed by atoms with E-state index in [9.17, 15) is 4.79 Å². The van der Waals surface area contributed by atoms with Crippen LogP contribution in [0.25, 0.3) is 0 Å². The van der Waals surface area contributed by atoms with Crippen LogP contribution in [0.5, 0.6) is 0 Å². The van der Waals surface area contributed by atoms with Crippen molar-refractivity contribution in [2.45, 2.75) is 64.7 Å². The first-order valence-corrected chi connectivity index (χ1v) is 6.57. The van der Waals surface area contributed by atoms with Crippen LogP contribution in [0.2, 0.25) is 0 Å². The molecule has 0 fully saturated rings. The predicted molar refractivity (Wildman–Crippen MR) is 67.6 cm³/mol. The fraction of sp³-hybridized carbons (Fsp3) is 0.917. The van der Waals surface area contributed by atoms with Crippen molar-refractivity contribution in [2.24, 2.45) is 0 Å². The maximum Gasteiger partial charge on any atom is 0.364 e. The molecule has 0 aromatic heterocycles. The largest absolute Gasteiger partial charge is 0.458 e. The summed E-state index contributed by atoms with van der Waals surface area (Å²) in [5.74, 6) is 0. The van der Waals surface area contributed by atoms with Crippen LogP contribution in [0.15, 0.2) is 0 Å². The number of ether oxygens (including phenoxy) is 1. The van der Waals surface area contributed by atoms with E-state index in [0.29, 0.717) is 6.61 Å². The third-order valence-corrected chi connectivity index (χ3v) is 2.60. The molecule has 0 aliphatic rings. The van der Waals surface area contributed by atoms with E-state index in [1.54, 1.807) is 0 Å². The molecule has 90 valence electrons. The third kappa shape index (κ3) is 13.8. The lowest BCUT2D eigenvalue weighted by molar-refractivity contribution is 0.173. The first-order valence-electron chi connectivity index (χ1n) is 6.13. The molecule has 0 unspecified atom stereocenters. The standard InChI is InChI=1S/C12H24O2S/c1-2-3-4-5-6-7-8-9-10-11-14-12(13)15/h2-11H2,1H3,(H,13,15). The maximum absolute atomic E-state index is 10.3. The van der Waals surface area contributed by atoms with Crippen LogP contribution in [0.3, 0.4) is 0 Å². The summed E-state index contributed by atoms with van der Waals surface area (Å²) in [5.41, 5.74) is 0. The summed E-state index contributed by atoms with van der Waals surface area (Å²) in [5, 5.41) is -0.463. The molecule has 0 N–H and O–H groups in total. The van der Waals surface area contributed by atoms with Gasteiger partial charge in [0.15, 0.2) is 0 Å². The number of hydrogen-bond acceptors (Lipinski definition) is 2. The summed E-state index contributed by atoms with van der Waals surface area (Å²) in [6.45, 7) is 2.76. The maximum atomic E-state index is 10.3. The number of rotatable bonds is 10. The molecule has 0 saturated carbocycles. The van der Waals surface area contributed by atoms with Gasteiger partial charge in [0.2, 0.25) is 0 Å². The molecule has 2 nitrogen and oxygen atoms in total. The highest BCUT2D eigenvalue weighted by Gasteiger charge is 1.94. The molecular formula is C12H24O2S. The zero-order valence-corrected chi connectivity index (χ0v) is 10.7. The van der Waals surface area contributed by atoms with Gasteiger partial charge in [-0.3, -0.25) is 0 Å². The Kier molecular flexibility index (Phi) is 11.7. The molecular weight excluding hydrogens is 208 g/mol. The molecule has 15 heavy (non-hydrogen) atoms. The Balaban J connectivity index is 2.89. The predicted octanol–water partition coefficient (Wildman–Crippen LogP) is 4.58. The van der Waals surface area contributed by atoms with Gasteiger partial charge in [0.05, 0.1) is 6.61 Å². The van der Waals surface area contributed by atoms with Gasteiger partial charge in [0.1, 0.15) is 0 Å². The summed E-state index contributed by atoms with van der Waals surface area (Å²) >= 11 is 3.53. The van der Waals surface area contributed by atoms with E-state index in [4.69, 9.17) is 4.74 Å². The third-order valence-electron chi connectivity index (χ3n) is 2.47. The fourth-order valence-corrected chi connectivity index (χ4v) is 1.66. The minimum atomic E-state index is -0.463. The second-order valence-electron chi connectivity index (χ2n) is 3.94. The zero-order chi connectivity index (χ0) is 11.4. The van der Waals surface area contributed by atoms with E-state index in [1.807, 2.05) is 0 Å². The van der Waals surface area contributed by atoms with E-state index in [2.05, 4.69) is 19.6 Å². The van der Waals surface area contributed by atoms with Gasteiger partial charge in [-0.25, -0.2) is 4.79 Å². The lowest BCUT2D eigenvalue weighted by atomic mass is 10.1. The van der Waals surface area contributed by atoms with Crippen LogP contribution in [-0.2, 0) is 4.74 Å². The van der Waals surface area contributed by atoms with Gasteiger partial charge >= 0.3 is 5.30 Å². The summed E-state index contributed by atoms with van der Waals surface area (Å²) in [6.07, 6.45) is 11.5. The highest BCUT2D eigenvalue weighted by molar-refractivity contribution is 7.96. The van der Waals surface area contributed by atoms with Crippen molar-refractivity contribution in [3.63, 3.8) is 0 Å². The number of thiol groups is 1. The van der Waals surface area contributed by atoms with Gasteiger partial charge in [-0.15, -0.1) is 0 Å². The lowest BCUT2D eigenvalue weighted by Crippen LogP contribution is -1.96. The van der Waals surface area contributed by atoms with E-state index >= 15 is 0 Å². The van der Waals surface area contributed by atoms with Crippen LogP contribution in [-0.4, -0.2) is 11.9 Å². The summed E-state index contributed by atoms with van der Waals surface area (Å²) in [6, 6.07) is 0. The van der Waals surface area contributed by atoms with Gasteiger partial charge in [-0.05, 0) is 6.42 Å². The van der Waals surface area contributed by atoms with Crippen molar-refractivity contribution in [3.8, 4) is 0 Å². The molecule has 0 aliphatic carbocycles. The Bertz CT molecular complexity index is 149. The number of hydrogen-bond donors (Lipinski definition) is 1. The van der Waals surface area contributed by atoms with E-state index in [-0.39, 0.29) is 0 Å². The van der Waals surface area contributed by atoms with Gasteiger partial charge in [0, 0.05) is 0 Å². The van der Waals surface area contributed by atoms with Gasteiger partial charge in [0.25, 0.3) is 0 Å². The second kappa shape index (κ2) is 11.9. The van der Waals surface area contributed by atoms with Crippen molar-refractivity contribution >= 4 is 17.9 Å². The summed E-state index contributed by atoms with van der Waals surface area (Å²) < 4.78 is 4.73. The monoisotopic (exact) mass is 232 g/mol. The van der Waals surface area contributed by atoms with Crippen LogP contribution in [0.1, 0.15) is 64.7 Å². The van der Waals surface area contributed by atoms with E-state index < -0.39 is 5.30 Å².